The summed E-state index contributed by atoms with van der Waals surface area (Å²) in [4.78, 5) is 12.9. The van der Waals surface area contributed by atoms with Gasteiger partial charge in [-0.15, -0.1) is 0 Å². The first-order valence-electron chi connectivity index (χ1n) is 6.68. The van der Waals surface area contributed by atoms with Crippen LogP contribution in [0.1, 0.15) is 25.1 Å². The van der Waals surface area contributed by atoms with E-state index in [-0.39, 0.29) is 18.4 Å². The van der Waals surface area contributed by atoms with E-state index in [0.29, 0.717) is 0 Å². The lowest BCUT2D eigenvalue weighted by molar-refractivity contribution is -0.139. The van der Waals surface area contributed by atoms with Gasteiger partial charge in [-0.05, 0) is 37.1 Å². The second-order valence-corrected chi connectivity index (χ2v) is 6.34. The molecule has 20 heavy (non-hydrogen) atoms. The van der Waals surface area contributed by atoms with Crippen molar-refractivity contribution in [3.8, 4) is 0 Å². The fraction of sp³-hybridized carbons (Fsp3) is 0.400. The number of hydrogen-bond acceptors (Lipinski definition) is 3. The quantitative estimate of drug-likeness (QED) is 0.924. The van der Waals surface area contributed by atoms with Crippen molar-refractivity contribution >= 4 is 32.9 Å². The Kier molecular flexibility index (Phi) is 3.56. The molecule has 1 unspecified atom stereocenters. The summed E-state index contributed by atoms with van der Waals surface area (Å²) in [6.07, 6.45) is 0.260. The summed E-state index contributed by atoms with van der Waals surface area (Å²) in [6.45, 7) is 3.76. The highest BCUT2D eigenvalue weighted by molar-refractivity contribution is 9.10. The third-order valence-electron chi connectivity index (χ3n) is 3.91. The molecule has 3 rings (SSSR count). The van der Waals surface area contributed by atoms with Crippen molar-refractivity contribution in [1.82, 2.24) is 4.90 Å². The van der Waals surface area contributed by atoms with E-state index in [1.165, 1.54) is 0 Å². The van der Waals surface area contributed by atoms with Crippen LogP contribution >= 0.6 is 15.9 Å². The Morgan fingerprint density at radius 3 is 2.95 bits per heavy atom. The predicted octanol–water partition coefficient (Wildman–Crippen LogP) is 3.66. The molecule has 1 aliphatic heterocycles. The first kappa shape index (κ1) is 13.6. The fourth-order valence-electron chi connectivity index (χ4n) is 2.72. The van der Waals surface area contributed by atoms with Crippen molar-refractivity contribution in [2.75, 3.05) is 13.1 Å². The minimum atomic E-state index is -0.712. The number of carboxylic acid groups (broad SMARTS) is 1. The molecule has 1 fully saturated rings. The lowest BCUT2D eigenvalue weighted by atomic mass is 9.94. The minimum Gasteiger partial charge on any atom is -0.481 e. The van der Waals surface area contributed by atoms with Crippen molar-refractivity contribution in [2.45, 2.75) is 19.4 Å². The second kappa shape index (κ2) is 5.22. The van der Waals surface area contributed by atoms with E-state index < -0.39 is 5.97 Å². The smallest absolute Gasteiger partial charge is 0.303 e. The second-order valence-electron chi connectivity index (χ2n) is 5.42. The van der Waals surface area contributed by atoms with E-state index in [1.54, 1.807) is 0 Å². The third kappa shape index (κ3) is 2.60. The van der Waals surface area contributed by atoms with E-state index in [2.05, 4.69) is 33.8 Å². The molecule has 2 heterocycles. The van der Waals surface area contributed by atoms with Crippen molar-refractivity contribution in [2.24, 2.45) is 5.92 Å². The average molecular weight is 338 g/mol. The highest BCUT2D eigenvalue weighted by atomic mass is 79.9. The van der Waals surface area contributed by atoms with Gasteiger partial charge in [-0.2, -0.15) is 0 Å². The SMILES string of the molecule is CC(c1cc2cc(Br)ccc2o1)N1CC(CC(=O)O)C1. The number of carboxylic acids is 1. The maximum atomic E-state index is 10.7. The molecule has 0 radical (unpaired) electrons. The molecule has 1 saturated heterocycles. The lowest BCUT2D eigenvalue weighted by Crippen LogP contribution is -2.48. The monoisotopic (exact) mass is 337 g/mol. The van der Waals surface area contributed by atoms with Gasteiger partial charge in [-0.25, -0.2) is 0 Å². The normalized spacial score (nSPS) is 18.1. The highest BCUT2D eigenvalue weighted by Gasteiger charge is 2.33. The number of rotatable bonds is 4. The van der Waals surface area contributed by atoms with Gasteiger partial charge in [0.1, 0.15) is 11.3 Å². The molecular formula is C15H16BrNO3. The van der Waals surface area contributed by atoms with Gasteiger partial charge >= 0.3 is 5.97 Å². The number of halogens is 1. The number of hydrogen-bond donors (Lipinski definition) is 1. The molecule has 1 aromatic heterocycles. The Bertz CT molecular complexity index is 646. The summed E-state index contributed by atoms with van der Waals surface area (Å²) in [5, 5.41) is 9.86. The van der Waals surface area contributed by atoms with Crippen LogP contribution in [0.5, 0.6) is 0 Å². The maximum absolute atomic E-state index is 10.7. The standard InChI is InChI=1S/C15H16BrNO3/c1-9(17-7-10(8-17)4-15(18)19)14-6-11-5-12(16)2-3-13(11)20-14/h2-3,5-6,9-10H,4,7-8H2,1H3,(H,18,19). The molecule has 2 aromatic rings. The molecule has 0 saturated carbocycles. The lowest BCUT2D eigenvalue weighted by Gasteiger charge is -2.41. The van der Waals surface area contributed by atoms with Crippen LogP contribution in [0.3, 0.4) is 0 Å². The Labute approximate surface area is 125 Å². The zero-order valence-electron chi connectivity index (χ0n) is 11.2. The summed E-state index contributed by atoms with van der Waals surface area (Å²) in [5.74, 6) is 0.497. The number of carbonyl (C=O) groups is 1. The van der Waals surface area contributed by atoms with Crippen LogP contribution < -0.4 is 0 Å². The van der Waals surface area contributed by atoms with Crippen LogP contribution in [0.25, 0.3) is 11.0 Å². The zero-order chi connectivity index (χ0) is 14.3. The summed E-state index contributed by atoms with van der Waals surface area (Å²) >= 11 is 3.46. The Balaban J connectivity index is 1.70. The summed E-state index contributed by atoms with van der Waals surface area (Å²) in [5.41, 5.74) is 0.887. The van der Waals surface area contributed by atoms with Gasteiger partial charge in [0.25, 0.3) is 0 Å². The molecule has 1 N–H and O–H groups in total. The molecule has 106 valence electrons. The Hall–Kier alpha value is -1.33. The van der Waals surface area contributed by atoms with E-state index in [4.69, 9.17) is 9.52 Å². The number of benzene rings is 1. The first-order valence-corrected chi connectivity index (χ1v) is 7.47. The molecule has 1 atom stereocenters. The number of likely N-dealkylation sites (tertiary alicyclic amines) is 1. The third-order valence-corrected chi connectivity index (χ3v) is 4.40. The average Bonchev–Trinajstić information content (AvgIpc) is 2.75. The van der Waals surface area contributed by atoms with E-state index >= 15 is 0 Å². The highest BCUT2D eigenvalue weighted by Crippen LogP contribution is 2.33. The summed E-state index contributed by atoms with van der Waals surface area (Å²) in [6, 6.07) is 8.21. The largest absolute Gasteiger partial charge is 0.481 e. The van der Waals surface area contributed by atoms with E-state index in [0.717, 1.165) is 34.3 Å². The molecule has 4 nitrogen and oxygen atoms in total. The van der Waals surface area contributed by atoms with Gasteiger partial charge in [-0.1, -0.05) is 15.9 Å². The van der Waals surface area contributed by atoms with Gasteiger partial charge in [-0.3, -0.25) is 9.69 Å². The number of aliphatic carboxylic acids is 1. The maximum Gasteiger partial charge on any atom is 0.303 e. The Morgan fingerprint density at radius 1 is 1.50 bits per heavy atom. The minimum absolute atomic E-state index is 0.186. The van der Waals surface area contributed by atoms with Crippen LogP contribution in [0.2, 0.25) is 0 Å². The summed E-state index contributed by atoms with van der Waals surface area (Å²) < 4.78 is 6.92. The fourth-order valence-corrected chi connectivity index (χ4v) is 3.10. The van der Waals surface area contributed by atoms with Gasteiger partial charge in [0, 0.05) is 22.9 Å². The molecule has 0 bridgehead atoms. The van der Waals surface area contributed by atoms with Crippen molar-refractivity contribution in [3.05, 3.63) is 34.5 Å². The molecule has 0 spiro atoms. The van der Waals surface area contributed by atoms with Crippen molar-refractivity contribution < 1.29 is 14.3 Å². The van der Waals surface area contributed by atoms with Crippen molar-refractivity contribution in [1.29, 1.82) is 0 Å². The zero-order valence-corrected chi connectivity index (χ0v) is 12.8. The molecule has 0 aliphatic carbocycles. The number of fused-ring (bicyclic) bond motifs is 1. The first-order chi connectivity index (χ1) is 9.52. The molecule has 1 aromatic carbocycles. The van der Waals surface area contributed by atoms with Gasteiger partial charge < -0.3 is 9.52 Å². The van der Waals surface area contributed by atoms with E-state index in [1.807, 2.05) is 18.2 Å². The van der Waals surface area contributed by atoms with Crippen LogP contribution in [0.15, 0.2) is 33.2 Å². The Morgan fingerprint density at radius 2 is 2.25 bits per heavy atom. The topological polar surface area (TPSA) is 53.7 Å². The molecule has 0 amide bonds. The van der Waals surface area contributed by atoms with Gasteiger partial charge in [0.2, 0.25) is 0 Å². The summed E-state index contributed by atoms with van der Waals surface area (Å²) in [7, 11) is 0. The van der Waals surface area contributed by atoms with Crippen LogP contribution in [0.4, 0.5) is 0 Å². The van der Waals surface area contributed by atoms with E-state index in [9.17, 15) is 4.79 Å². The predicted molar refractivity (Wildman–Crippen MR) is 79.6 cm³/mol. The van der Waals surface area contributed by atoms with Crippen LogP contribution in [-0.4, -0.2) is 29.1 Å². The van der Waals surface area contributed by atoms with Gasteiger partial charge in [0.15, 0.2) is 0 Å². The molecule has 5 heteroatoms. The van der Waals surface area contributed by atoms with Crippen molar-refractivity contribution in [3.63, 3.8) is 0 Å². The van der Waals surface area contributed by atoms with Gasteiger partial charge in [0.05, 0.1) is 12.5 Å². The molecular weight excluding hydrogens is 322 g/mol. The van der Waals surface area contributed by atoms with Crippen LogP contribution in [0, 0.1) is 5.92 Å². The number of furan rings is 1. The number of nitrogens with zero attached hydrogens (tertiary/aromatic N) is 1. The molecule has 1 aliphatic rings. The van der Waals surface area contributed by atoms with Crippen LogP contribution in [-0.2, 0) is 4.79 Å².